The first-order valence-electron chi connectivity index (χ1n) is 9.38. The first kappa shape index (κ1) is 16.5. The van der Waals surface area contributed by atoms with Gasteiger partial charge in [-0.15, -0.1) is 0 Å². The maximum atomic E-state index is 2.57. The van der Waals surface area contributed by atoms with Crippen molar-refractivity contribution in [3.63, 3.8) is 0 Å². The van der Waals surface area contributed by atoms with Gasteiger partial charge in [0.25, 0.3) is 0 Å². The quantitative estimate of drug-likeness (QED) is 0.448. The summed E-state index contributed by atoms with van der Waals surface area (Å²) in [5.74, 6) is 0. The molecule has 126 valence electrons. The molecule has 0 radical (unpaired) electrons. The second-order valence-electron chi connectivity index (χ2n) is 7.53. The van der Waals surface area contributed by atoms with Crippen LogP contribution in [0.3, 0.4) is 0 Å². The van der Waals surface area contributed by atoms with E-state index in [0.717, 1.165) is 0 Å². The van der Waals surface area contributed by atoms with Gasteiger partial charge in [0.2, 0.25) is 0 Å². The molecule has 0 N–H and O–H groups in total. The van der Waals surface area contributed by atoms with Gasteiger partial charge in [0.15, 0.2) is 0 Å². The van der Waals surface area contributed by atoms with Gasteiger partial charge in [0.1, 0.15) is 0 Å². The van der Waals surface area contributed by atoms with Crippen LogP contribution < -0.4 is 0 Å². The predicted molar refractivity (Wildman–Crippen MR) is 109 cm³/mol. The van der Waals surface area contributed by atoms with Crippen molar-refractivity contribution in [2.24, 2.45) is 0 Å². The van der Waals surface area contributed by atoms with Gasteiger partial charge in [0, 0.05) is 0 Å². The molecule has 3 aromatic carbocycles. The molecule has 0 spiro atoms. The number of benzene rings is 3. The van der Waals surface area contributed by atoms with Crippen molar-refractivity contribution in [3.05, 3.63) is 101 Å². The van der Waals surface area contributed by atoms with Crippen LogP contribution in [0.2, 0.25) is 13.1 Å². The Morgan fingerprint density at radius 2 is 1.23 bits per heavy atom. The molecule has 3 aromatic rings. The number of allylic oxidation sites excluding steroid dienone is 1. The predicted octanol–water partition coefficient (Wildman–Crippen LogP) is 6.39. The summed E-state index contributed by atoms with van der Waals surface area (Å²) < 4.78 is 1.37. The van der Waals surface area contributed by atoms with Crippen LogP contribution in [0, 0.1) is 0 Å². The van der Waals surface area contributed by atoms with E-state index in [2.05, 4.69) is 98.0 Å². The molecule has 0 saturated heterocycles. The van der Waals surface area contributed by atoms with Gasteiger partial charge in [-0.3, -0.25) is 0 Å². The molecule has 0 heterocycles. The summed E-state index contributed by atoms with van der Waals surface area (Å²) in [5, 5.41) is 0. The summed E-state index contributed by atoms with van der Waals surface area (Å²) in [7, 11) is 0. The molecule has 0 aliphatic heterocycles. The molecule has 0 saturated carbocycles. The Hall–Kier alpha value is -1.67. The Labute approximate surface area is 162 Å². The molecule has 2 aliphatic rings. The topological polar surface area (TPSA) is 0 Å². The van der Waals surface area contributed by atoms with Crippen LogP contribution in [-0.2, 0) is 16.6 Å². The van der Waals surface area contributed by atoms with E-state index in [1.165, 1.54) is 16.7 Å². The molecular formula is C24H22SiTi. The SMILES string of the molecule is C[Si](C)=[Ti]([CH]1C=Cc2ccccc21)[CH]1c2ccccc2-c2ccccc21. The maximum absolute atomic E-state index is 2.57. The van der Waals surface area contributed by atoms with Gasteiger partial charge in [-0.25, -0.2) is 0 Å². The van der Waals surface area contributed by atoms with E-state index in [1.54, 1.807) is 16.7 Å². The van der Waals surface area contributed by atoms with Gasteiger partial charge in [-0.1, -0.05) is 0 Å². The molecule has 2 aliphatic carbocycles. The Bertz CT molecular complexity index is 1030. The summed E-state index contributed by atoms with van der Waals surface area (Å²) in [4.78, 5) is 0. The average Bonchev–Trinajstić information content (AvgIpc) is 3.23. The van der Waals surface area contributed by atoms with Crippen molar-refractivity contribution in [1.29, 1.82) is 0 Å². The summed E-state index contributed by atoms with van der Waals surface area (Å²) >= 11 is -1.46. The van der Waals surface area contributed by atoms with Crippen molar-refractivity contribution in [3.8, 4) is 11.1 Å². The summed E-state index contributed by atoms with van der Waals surface area (Å²) in [6.07, 6.45) is 4.57. The minimum atomic E-state index is -1.46. The third-order valence-electron chi connectivity index (χ3n) is 5.86. The molecule has 0 amide bonds. The zero-order valence-corrected chi connectivity index (χ0v) is 17.8. The van der Waals surface area contributed by atoms with Crippen LogP contribution in [0.25, 0.3) is 17.2 Å². The van der Waals surface area contributed by atoms with Gasteiger partial charge in [0.05, 0.1) is 0 Å². The summed E-state index contributed by atoms with van der Waals surface area (Å²) in [6, 6.07) is 27.4. The Balaban J connectivity index is 1.74. The van der Waals surface area contributed by atoms with Crippen molar-refractivity contribution >= 4 is 12.3 Å². The van der Waals surface area contributed by atoms with E-state index < -0.39 is 16.6 Å². The summed E-state index contributed by atoms with van der Waals surface area (Å²) in [5.41, 5.74) is 9.22. The number of hydrogen-bond donors (Lipinski definition) is 0. The van der Waals surface area contributed by atoms with E-state index in [4.69, 9.17) is 0 Å². The zero-order chi connectivity index (χ0) is 17.7. The molecule has 26 heavy (non-hydrogen) atoms. The summed E-state index contributed by atoms with van der Waals surface area (Å²) in [6.45, 7) is 5.14. The van der Waals surface area contributed by atoms with Crippen LogP contribution in [0.4, 0.5) is 0 Å². The molecule has 0 bridgehead atoms. The van der Waals surface area contributed by atoms with E-state index in [-0.39, 0.29) is 6.19 Å². The van der Waals surface area contributed by atoms with Gasteiger partial charge in [-0.2, -0.15) is 0 Å². The van der Waals surface area contributed by atoms with Crippen molar-refractivity contribution in [1.82, 2.24) is 0 Å². The third kappa shape index (κ3) is 2.46. The van der Waals surface area contributed by atoms with Gasteiger partial charge >= 0.3 is 163 Å². The fourth-order valence-corrected chi connectivity index (χ4v) is 17.7. The second kappa shape index (κ2) is 6.49. The fourth-order valence-electron chi connectivity index (χ4n) is 4.79. The molecule has 0 aromatic heterocycles. The van der Waals surface area contributed by atoms with E-state index in [0.29, 0.717) is 8.45 Å². The van der Waals surface area contributed by atoms with Crippen LogP contribution in [-0.4, -0.2) is 6.19 Å². The molecule has 2 heteroatoms. The van der Waals surface area contributed by atoms with E-state index >= 15 is 0 Å². The zero-order valence-electron chi connectivity index (χ0n) is 15.2. The standard InChI is InChI=1S/C13H9.C9H7.C2H6Si.Ti/c1-3-7-12-10(5-1)9-11-6-2-4-8-13(11)12;1-2-5-9-7-3-6-8(9)4-1;1-3-2;/h1-9H;1-7H;1-2H3;. The van der Waals surface area contributed by atoms with Gasteiger partial charge in [-0.05, 0) is 0 Å². The van der Waals surface area contributed by atoms with E-state index in [1.807, 2.05) is 0 Å². The first-order chi connectivity index (χ1) is 12.8. The Kier molecular flexibility index (Phi) is 4.12. The molecule has 5 rings (SSSR count). The number of fused-ring (bicyclic) bond motifs is 4. The van der Waals surface area contributed by atoms with Crippen molar-refractivity contribution < 1.29 is 16.6 Å². The third-order valence-corrected chi connectivity index (χ3v) is 18.7. The van der Waals surface area contributed by atoms with Crippen molar-refractivity contribution in [2.75, 3.05) is 0 Å². The first-order valence-corrected chi connectivity index (χ1v) is 16.0. The van der Waals surface area contributed by atoms with Gasteiger partial charge < -0.3 is 0 Å². The number of hydrogen-bond acceptors (Lipinski definition) is 0. The monoisotopic (exact) mass is 386 g/mol. The molecule has 1 atom stereocenters. The molecular weight excluding hydrogens is 364 g/mol. The minimum absolute atomic E-state index is 0.348. The molecule has 0 fully saturated rings. The number of rotatable bonds is 2. The van der Waals surface area contributed by atoms with Crippen molar-refractivity contribution in [2.45, 2.75) is 21.5 Å². The fraction of sp³-hybridized carbons (Fsp3) is 0.167. The Morgan fingerprint density at radius 3 is 1.85 bits per heavy atom. The molecule has 0 nitrogen and oxygen atoms in total. The van der Waals surface area contributed by atoms with Crippen LogP contribution in [0.15, 0.2) is 78.9 Å². The second-order valence-corrected chi connectivity index (χ2v) is 19.9. The van der Waals surface area contributed by atoms with Crippen LogP contribution >= 0.6 is 0 Å². The Morgan fingerprint density at radius 1 is 0.692 bits per heavy atom. The average molecular weight is 386 g/mol. The van der Waals surface area contributed by atoms with E-state index in [9.17, 15) is 0 Å². The molecule has 1 unspecified atom stereocenters. The van der Waals surface area contributed by atoms with Crippen LogP contribution in [0.1, 0.15) is 30.7 Å². The normalized spacial score (nSPS) is 16.9. The van der Waals surface area contributed by atoms with Crippen LogP contribution in [0.5, 0.6) is 0 Å².